The van der Waals surface area contributed by atoms with Gasteiger partial charge in [0.25, 0.3) is 0 Å². The highest BCUT2D eigenvalue weighted by atomic mass is 79.9. The molecule has 5 heteroatoms. The maximum atomic E-state index is 13.1. The quantitative estimate of drug-likeness (QED) is 0.922. The molecule has 0 bridgehead atoms. The van der Waals surface area contributed by atoms with Gasteiger partial charge in [-0.15, -0.1) is 0 Å². The van der Waals surface area contributed by atoms with Crippen molar-refractivity contribution in [3.63, 3.8) is 0 Å². The van der Waals surface area contributed by atoms with Crippen molar-refractivity contribution in [1.82, 2.24) is 14.9 Å². The van der Waals surface area contributed by atoms with Crippen LogP contribution in [0.1, 0.15) is 11.6 Å². The second-order valence-corrected chi connectivity index (χ2v) is 4.99. The minimum absolute atomic E-state index is 0.243. The van der Waals surface area contributed by atoms with Crippen LogP contribution in [0.15, 0.2) is 35.2 Å². The second kappa shape index (κ2) is 4.23. The van der Waals surface area contributed by atoms with Crippen LogP contribution in [0.2, 0.25) is 0 Å². The molecule has 3 nitrogen and oxygen atoms in total. The average molecular weight is 296 g/mol. The molecule has 0 unspecified atom stereocenters. The zero-order valence-corrected chi connectivity index (χ0v) is 10.6. The summed E-state index contributed by atoms with van der Waals surface area (Å²) >= 11 is 3.39. The molecule has 0 amide bonds. The number of halogens is 2. The van der Waals surface area contributed by atoms with Crippen molar-refractivity contribution in [2.75, 3.05) is 13.1 Å². The lowest BCUT2D eigenvalue weighted by Crippen LogP contribution is -2.40. The largest absolute Gasteiger partial charge is 0.315 e. The van der Waals surface area contributed by atoms with Crippen LogP contribution >= 0.6 is 15.9 Å². The van der Waals surface area contributed by atoms with E-state index in [1.54, 1.807) is 12.4 Å². The monoisotopic (exact) mass is 295 g/mol. The summed E-state index contributed by atoms with van der Waals surface area (Å²) in [5.74, 6) is 0.252. The molecular formula is C12H11BrFN3. The van der Waals surface area contributed by atoms with Gasteiger partial charge in [0.1, 0.15) is 5.82 Å². The predicted octanol–water partition coefficient (Wildman–Crippen LogP) is 2.46. The van der Waals surface area contributed by atoms with Crippen LogP contribution in [0.3, 0.4) is 0 Å². The van der Waals surface area contributed by atoms with Gasteiger partial charge in [-0.1, -0.05) is 0 Å². The van der Waals surface area contributed by atoms with E-state index < -0.39 is 0 Å². The topological polar surface area (TPSA) is 29.9 Å². The van der Waals surface area contributed by atoms with Gasteiger partial charge in [-0.2, -0.15) is 0 Å². The molecule has 1 aromatic carbocycles. The average Bonchev–Trinajstić information content (AvgIpc) is 2.64. The summed E-state index contributed by atoms with van der Waals surface area (Å²) < 4.78 is 15.8. The summed E-state index contributed by atoms with van der Waals surface area (Å²) in [7, 11) is 0. The molecule has 3 rings (SSSR count). The van der Waals surface area contributed by atoms with Crippen molar-refractivity contribution in [3.05, 3.63) is 46.7 Å². The zero-order valence-electron chi connectivity index (χ0n) is 9.03. The number of nitrogens with zero attached hydrogens (tertiary/aromatic N) is 2. The van der Waals surface area contributed by atoms with Gasteiger partial charge in [0.15, 0.2) is 0 Å². The van der Waals surface area contributed by atoms with E-state index in [1.807, 2.05) is 10.8 Å². The van der Waals surface area contributed by atoms with Crippen molar-refractivity contribution in [2.45, 2.75) is 5.92 Å². The molecule has 1 aliphatic rings. The van der Waals surface area contributed by atoms with Crippen LogP contribution < -0.4 is 5.32 Å². The number of rotatable bonds is 2. The Labute approximate surface area is 107 Å². The van der Waals surface area contributed by atoms with E-state index in [4.69, 9.17) is 0 Å². The van der Waals surface area contributed by atoms with Crippen molar-refractivity contribution >= 4 is 15.9 Å². The molecular weight excluding hydrogens is 285 g/mol. The smallest absolute Gasteiger partial charge is 0.124 e. The molecule has 2 aromatic rings. The van der Waals surface area contributed by atoms with Gasteiger partial charge in [0, 0.05) is 35.4 Å². The summed E-state index contributed by atoms with van der Waals surface area (Å²) in [5, 5.41) is 3.24. The summed E-state index contributed by atoms with van der Waals surface area (Å²) in [5.41, 5.74) is 2.09. The van der Waals surface area contributed by atoms with Crippen LogP contribution in [0.4, 0.5) is 4.39 Å². The molecule has 0 atom stereocenters. The molecule has 2 heterocycles. The zero-order chi connectivity index (χ0) is 11.8. The van der Waals surface area contributed by atoms with Gasteiger partial charge in [-0.05, 0) is 34.1 Å². The van der Waals surface area contributed by atoms with Crippen molar-refractivity contribution in [2.24, 2.45) is 0 Å². The van der Waals surface area contributed by atoms with E-state index in [0.717, 1.165) is 28.9 Å². The molecule has 1 saturated heterocycles. The number of benzene rings is 1. The van der Waals surface area contributed by atoms with Gasteiger partial charge >= 0.3 is 0 Å². The van der Waals surface area contributed by atoms with Gasteiger partial charge in [0.05, 0.1) is 12.0 Å². The van der Waals surface area contributed by atoms with E-state index in [-0.39, 0.29) is 5.82 Å². The predicted molar refractivity (Wildman–Crippen MR) is 66.8 cm³/mol. The first-order valence-electron chi connectivity index (χ1n) is 5.44. The summed E-state index contributed by atoms with van der Waals surface area (Å²) in [4.78, 5) is 4.19. The highest BCUT2D eigenvalue weighted by Gasteiger charge is 2.23. The number of hydrogen-bond acceptors (Lipinski definition) is 2. The molecule has 1 fully saturated rings. The molecule has 1 aliphatic heterocycles. The maximum absolute atomic E-state index is 13.1. The van der Waals surface area contributed by atoms with Crippen molar-refractivity contribution < 1.29 is 4.39 Å². The Morgan fingerprint density at radius 3 is 2.88 bits per heavy atom. The molecule has 0 spiro atoms. The third-order valence-electron chi connectivity index (χ3n) is 3.04. The molecule has 0 radical (unpaired) electrons. The van der Waals surface area contributed by atoms with Crippen LogP contribution in [-0.4, -0.2) is 22.6 Å². The molecule has 88 valence electrons. The van der Waals surface area contributed by atoms with Gasteiger partial charge in [-0.25, -0.2) is 9.37 Å². The minimum atomic E-state index is -0.243. The normalized spacial score (nSPS) is 15.9. The van der Waals surface area contributed by atoms with Crippen molar-refractivity contribution in [1.29, 1.82) is 0 Å². The van der Waals surface area contributed by atoms with E-state index in [9.17, 15) is 4.39 Å². The SMILES string of the molecule is Fc1ccc(-n2cncc2C2CNC2)c(Br)c1. The number of imidazole rings is 1. The summed E-state index contributed by atoms with van der Waals surface area (Å²) in [6.07, 6.45) is 3.65. The Morgan fingerprint density at radius 1 is 1.41 bits per heavy atom. The standard InChI is InChI=1S/C12H11BrFN3/c13-10-3-9(14)1-2-11(10)17-7-16-6-12(17)8-4-15-5-8/h1-3,6-8,15H,4-5H2. The van der Waals surface area contributed by atoms with Crippen molar-refractivity contribution in [3.8, 4) is 5.69 Å². The Balaban J connectivity index is 2.05. The maximum Gasteiger partial charge on any atom is 0.124 e. The van der Waals surface area contributed by atoms with E-state index >= 15 is 0 Å². The molecule has 1 N–H and O–H groups in total. The number of nitrogens with one attached hydrogen (secondary N) is 1. The Kier molecular flexibility index (Phi) is 2.72. The van der Waals surface area contributed by atoms with Crippen LogP contribution in [-0.2, 0) is 0 Å². The minimum Gasteiger partial charge on any atom is -0.315 e. The fraction of sp³-hybridized carbons (Fsp3) is 0.250. The fourth-order valence-corrected chi connectivity index (χ4v) is 2.52. The van der Waals surface area contributed by atoms with Gasteiger partial charge in [0.2, 0.25) is 0 Å². The molecule has 0 aliphatic carbocycles. The summed E-state index contributed by atoms with van der Waals surface area (Å²) in [6.45, 7) is 1.95. The lowest BCUT2D eigenvalue weighted by atomic mass is 10.00. The van der Waals surface area contributed by atoms with E-state index in [2.05, 4.69) is 26.2 Å². The molecule has 1 aromatic heterocycles. The first kappa shape index (κ1) is 10.9. The first-order chi connectivity index (χ1) is 8.25. The Bertz CT molecular complexity index is 548. The highest BCUT2D eigenvalue weighted by Crippen LogP contribution is 2.27. The van der Waals surface area contributed by atoms with E-state index in [1.165, 1.54) is 12.1 Å². The third kappa shape index (κ3) is 1.89. The third-order valence-corrected chi connectivity index (χ3v) is 3.67. The van der Waals surface area contributed by atoms with Gasteiger partial charge in [-0.3, -0.25) is 0 Å². The lowest BCUT2D eigenvalue weighted by Gasteiger charge is -2.28. The van der Waals surface area contributed by atoms with Crippen LogP contribution in [0.25, 0.3) is 5.69 Å². The van der Waals surface area contributed by atoms with Crippen LogP contribution in [0, 0.1) is 5.82 Å². The number of hydrogen-bond donors (Lipinski definition) is 1. The van der Waals surface area contributed by atoms with Crippen LogP contribution in [0.5, 0.6) is 0 Å². The fourth-order valence-electron chi connectivity index (χ4n) is 1.98. The van der Waals surface area contributed by atoms with Gasteiger partial charge < -0.3 is 9.88 Å². The Morgan fingerprint density at radius 2 is 2.24 bits per heavy atom. The Hall–Kier alpha value is -1.20. The first-order valence-corrected chi connectivity index (χ1v) is 6.23. The summed E-state index contributed by atoms with van der Waals surface area (Å²) in [6, 6.07) is 4.69. The molecule has 0 saturated carbocycles. The highest BCUT2D eigenvalue weighted by molar-refractivity contribution is 9.10. The molecule has 17 heavy (non-hydrogen) atoms. The lowest BCUT2D eigenvalue weighted by molar-refractivity contribution is 0.435. The second-order valence-electron chi connectivity index (χ2n) is 4.14. The number of aromatic nitrogens is 2. The van der Waals surface area contributed by atoms with E-state index in [0.29, 0.717) is 5.92 Å².